The van der Waals surface area contributed by atoms with Crippen molar-refractivity contribution in [2.75, 3.05) is 10.0 Å². The van der Waals surface area contributed by atoms with Gasteiger partial charge in [0, 0.05) is 18.5 Å². The zero-order chi connectivity index (χ0) is 21.0. The maximum atomic E-state index is 12.8. The van der Waals surface area contributed by atoms with Crippen LogP contribution in [0.15, 0.2) is 51.9 Å². The second-order valence-electron chi connectivity index (χ2n) is 6.35. The maximum Gasteiger partial charge on any atom is 0.262 e. The van der Waals surface area contributed by atoms with Crippen LogP contribution >= 0.6 is 11.6 Å². The number of benzene rings is 2. The Balaban J connectivity index is 1.73. The lowest BCUT2D eigenvalue weighted by molar-refractivity contribution is -0.116. The molecule has 2 N–H and O–H groups in total. The molecule has 3 aromatic rings. The summed E-state index contributed by atoms with van der Waals surface area (Å²) < 4.78 is 33.1. The SMILES string of the molecule is Cc1noc(CCC(=O)Nc2ccc(C)c(S(=O)(=O)Nc3ccccc3Cl)c2)n1. The number of halogens is 1. The molecule has 0 unspecified atom stereocenters. The van der Waals surface area contributed by atoms with Gasteiger partial charge in [-0.25, -0.2) is 8.42 Å². The van der Waals surface area contributed by atoms with E-state index in [0.29, 0.717) is 23.0 Å². The molecular weight excluding hydrogens is 416 g/mol. The summed E-state index contributed by atoms with van der Waals surface area (Å²) in [4.78, 5) is 16.3. The summed E-state index contributed by atoms with van der Waals surface area (Å²) in [5.41, 5.74) is 1.17. The lowest BCUT2D eigenvalue weighted by Crippen LogP contribution is -2.16. The van der Waals surface area contributed by atoms with Crippen LogP contribution in [0, 0.1) is 13.8 Å². The molecule has 0 bridgehead atoms. The van der Waals surface area contributed by atoms with Crippen LogP contribution in [0.4, 0.5) is 11.4 Å². The number of aromatic nitrogens is 2. The van der Waals surface area contributed by atoms with Crippen LogP contribution < -0.4 is 10.0 Å². The van der Waals surface area contributed by atoms with Crippen molar-refractivity contribution < 1.29 is 17.7 Å². The molecule has 3 rings (SSSR count). The quantitative estimate of drug-likeness (QED) is 0.585. The number of amides is 1. The third-order valence-corrected chi connectivity index (χ3v) is 5.85. The molecule has 1 amide bonds. The minimum Gasteiger partial charge on any atom is -0.339 e. The fourth-order valence-electron chi connectivity index (χ4n) is 2.60. The molecule has 0 saturated heterocycles. The predicted molar refractivity (Wildman–Crippen MR) is 109 cm³/mol. The zero-order valence-electron chi connectivity index (χ0n) is 15.8. The summed E-state index contributed by atoms with van der Waals surface area (Å²) in [5, 5.41) is 6.64. The van der Waals surface area contributed by atoms with Gasteiger partial charge in [0.1, 0.15) is 0 Å². The molecule has 0 atom stereocenters. The number of hydrogen-bond acceptors (Lipinski definition) is 6. The van der Waals surface area contributed by atoms with Crippen molar-refractivity contribution in [1.29, 1.82) is 0 Å². The molecule has 2 aromatic carbocycles. The van der Waals surface area contributed by atoms with Crippen LogP contribution in [0.1, 0.15) is 23.7 Å². The van der Waals surface area contributed by atoms with E-state index in [1.54, 1.807) is 50.2 Å². The third kappa shape index (κ3) is 5.33. The molecule has 152 valence electrons. The second-order valence-corrected chi connectivity index (χ2v) is 8.41. The van der Waals surface area contributed by atoms with Crippen LogP contribution in [0.25, 0.3) is 0 Å². The van der Waals surface area contributed by atoms with Gasteiger partial charge in [-0.15, -0.1) is 0 Å². The largest absolute Gasteiger partial charge is 0.339 e. The summed E-state index contributed by atoms with van der Waals surface area (Å²) in [6.45, 7) is 3.36. The zero-order valence-corrected chi connectivity index (χ0v) is 17.3. The van der Waals surface area contributed by atoms with E-state index in [-0.39, 0.29) is 34.4 Å². The highest BCUT2D eigenvalue weighted by atomic mass is 35.5. The molecule has 0 radical (unpaired) electrons. The number of carbonyl (C=O) groups excluding carboxylic acids is 1. The lowest BCUT2D eigenvalue weighted by atomic mass is 10.2. The van der Waals surface area contributed by atoms with E-state index in [1.807, 2.05) is 0 Å². The van der Waals surface area contributed by atoms with Gasteiger partial charge >= 0.3 is 0 Å². The topological polar surface area (TPSA) is 114 Å². The Bertz CT molecular complexity index is 1140. The standard InChI is InChI=1S/C19H19ClN4O4S/c1-12-7-8-14(22-18(25)9-10-19-21-13(2)23-28-19)11-17(12)29(26,27)24-16-6-4-3-5-15(16)20/h3-8,11,24H,9-10H2,1-2H3,(H,22,25). The van der Waals surface area contributed by atoms with Gasteiger partial charge in [-0.05, 0) is 43.7 Å². The van der Waals surface area contributed by atoms with E-state index < -0.39 is 10.0 Å². The summed E-state index contributed by atoms with van der Waals surface area (Å²) in [6, 6.07) is 11.2. The van der Waals surface area contributed by atoms with Crippen molar-refractivity contribution in [2.45, 2.75) is 31.6 Å². The lowest BCUT2D eigenvalue weighted by Gasteiger charge is -2.13. The monoisotopic (exact) mass is 434 g/mol. The van der Waals surface area contributed by atoms with Crippen LogP contribution in [0.5, 0.6) is 0 Å². The maximum absolute atomic E-state index is 12.8. The van der Waals surface area contributed by atoms with Crippen molar-refractivity contribution in [2.24, 2.45) is 0 Å². The Labute approximate surface area is 173 Å². The highest BCUT2D eigenvalue weighted by Gasteiger charge is 2.19. The Morgan fingerprint density at radius 1 is 1.17 bits per heavy atom. The molecule has 0 aliphatic carbocycles. The second kappa shape index (κ2) is 8.62. The van der Waals surface area contributed by atoms with Crippen molar-refractivity contribution in [3.8, 4) is 0 Å². The highest BCUT2D eigenvalue weighted by molar-refractivity contribution is 7.92. The van der Waals surface area contributed by atoms with Crippen LogP contribution in [-0.2, 0) is 21.2 Å². The van der Waals surface area contributed by atoms with Gasteiger partial charge in [0.25, 0.3) is 10.0 Å². The van der Waals surface area contributed by atoms with Crippen molar-refractivity contribution >= 4 is 38.9 Å². The molecule has 0 spiro atoms. The van der Waals surface area contributed by atoms with Crippen LogP contribution in [0.3, 0.4) is 0 Å². The fraction of sp³-hybridized carbons (Fsp3) is 0.211. The first-order chi connectivity index (χ1) is 13.7. The van der Waals surface area contributed by atoms with E-state index in [9.17, 15) is 13.2 Å². The molecule has 8 nitrogen and oxygen atoms in total. The fourth-order valence-corrected chi connectivity index (χ4v) is 4.19. The van der Waals surface area contributed by atoms with E-state index in [1.165, 1.54) is 6.07 Å². The normalized spacial score (nSPS) is 11.3. The summed E-state index contributed by atoms with van der Waals surface area (Å²) in [6.07, 6.45) is 0.410. The molecule has 10 heteroatoms. The molecule has 29 heavy (non-hydrogen) atoms. The number of carbonyl (C=O) groups is 1. The average Bonchev–Trinajstić information content (AvgIpc) is 3.08. The van der Waals surface area contributed by atoms with Gasteiger partial charge in [0.15, 0.2) is 5.82 Å². The average molecular weight is 435 g/mol. The molecule has 0 aliphatic heterocycles. The number of hydrogen-bond donors (Lipinski definition) is 2. The molecule has 0 saturated carbocycles. The van der Waals surface area contributed by atoms with E-state index >= 15 is 0 Å². The number of aryl methyl sites for hydroxylation is 3. The molecular formula is C19H19ClN4O4S. The molecule has 0 aliphatic rings. The number of rotatable bonds is 7. The predicted octanol–water partition coefficient (Wildman–Crippen LogP) is 3.71. The summed E-state index contributed by atoms with van der Waals surface area (Å²) in [7, 11) is -3.90. The number of para-hydroxylation sites is 1. The summed E-state index contributed by atoms with van der Waals surface area (Å²) in [5.74, 6) is 0.570. The molecule has 1 aromatic heterocycles. The van der Waals surface area contributed by atoms with Crippen molar-refractivity contribution in [3.05, 3.63) is 64.8 Å². The highest BCUT2D eigenvalue weighted by Crippen LogP contribution is 2.26. The number of anilines is 2. The molecule has 0 fully saturated rings. The number of nitrogens with zero attached hydrogens (tertiary/aromatic N) is 2. The van der Waals surface area contributed by atoms with Crippen molar-refractivity contribution in [3.63, 3.8) is 0 Å². The Kier molecular flexibility index (Phi) is 6.19. The van der Waals surface area contributed by atoms with Gasteiger partial charge in [0.05, 0.1) is 15.6 Å². The van der Waals surface area contributed by atoms with Gasteiger partial charge in [-0.3, -0.25) is 9.52 Å². The Hall–Kier alpha value is -2.91. The minimum absolute atomic E-state index is 0.0442. The van der Waals surface area contributed by atoms with Gasteiger partial charge in [0.2, 0.25) is 11.8 Å². The van der Waals surface area contributed by atoms with Crippen molar-refractivity contribution in [1.82, 2.24) is 10.1 Å². The Morgan fingerprint density at radius 2 is 1.93 bits per heavy atom. The van der Waals surface area contributed by atoms with Gasteiger partial charge in [-0.1, -0.05) is 35.0 Å². The Morgan fingerprint density at radius 3 is 2.62 bits per heavy atom. The number of nitrogens with one attached hydrogen (secondary N) is 2. The van der Waals surface area contributed by atoms with Gasteiger partial charge in [-0.2, -0.15) is 4.98 Å². The van der Waals surface area contributed by atoms with E-state index in [4.69, 9.17) is 16.1 Å². The first-order valence-electron chi connectivity index (χ1n) is 8.71. The minimum atomic E-state index is -3.90. The third-order valence-electron chi connectivity index (χ3n) is 4.02. The summed E-state index contributed by atoms with van der Waals surface area (Å²) >= 11 is 6.04. The van der Waals surface area contributed by atoms with E-state index in [0.717, 1.165) is 0 Å². The van der Waals surface area contributed by atoms with Gasteiger partial charge < -0.3 is 9.84 Å². The van der Waals surface area contributed by atoms with Crippen LogP contribution in [0.2, 0.25) is 5.02 Å². The molecule has 1 heterocycles. The number of sulfonamides is 1. The first kappa shape index (κ1) is 20.8. The first-order valence-corrected chi connectivity index (χ1v) is 10.6. The van der Waals surface area contributed by atoms with Crippen LogP contribution in [-0.4, -0.2) is 24.5 Å². The smallest absolute Gasteiger partial charge is 0.262 e. The van der Waals surface area contributed by atoms with E-state index in [2.05, 4.69) is 20.2 Å².